The molecule has 0 aliphatic rings. The van der Waals surface area contributed by atoms with Gasteiger partial charge in [0.15, 0.2) is 0 Å². The standard InChI is InChI=1S/C29H32Cl2N2O2/c1-4-21(3)32-29(35)27(17-22-12-6-5-7-13-22)33(19-24-25(30)15-10-16-26(24)31)28(34)18-23-14-9-8-11-20(23)2/h5-16,21,27H,4,17-19H2,1-3H3,(H,32,35)/t21-,27-/m1/s1. The van der Waals surface area contributed by atoms with E-state index in [0.717, 1.165) is 23.1 Å². The monoisotopic (exact) mass is 510 g/mol. The number of hydrogen-bond donors (Lipinski definition) is 1. The Morgan fingerprint density at radius 1 is 0.914 bits per heavy atom. The summed E-state index contributed by atoms with van der Waals surface area (Å²) >= 11 is 13.0. The summed E-state index contributed by atoms with van der Waals surface area (Å²) in [5.74, 6) is -0.347. The first-order valence-electron chi connectivity index (χ1n) is 11.9. The Morgan fingerprint density at radius 2 is 1.54 bits per heavy atom. The van der Waals surface area contributed by atoms with Crippen molar-refractivity contribution in [3.8, 4) is 0 Å². The maximum absolute atomic E-state index is 13.8. The molecular formula is C29H32Cl2N2O2. The fraction of sp³-hybridized carbons (Fsp3) is 0.310. The number of hydrogen-bond acceptors (Lipinski definition) is 2. The number of nitrogens with one attached hydrogen (secondary N) is 1. The van der Waals surface area contributed by atoms with E-state index >= 15 is 0 Å². The van der Waals surface area contributed by atoms with E-state index in [4.69, 9.17) is 23.2 Å². The van der Waals surface area contributed by atoms with Crippen molar-refractivity contribution >= 4 is 35.0 Å². The summed E-state index contributed by atoms with van der Waals surface area (Å²) in [4.78, 5) is 29.0. The number of carbonyl (C=O) groups is 2. The third kappa shape index (κ3) is 7.33. The molecule has 3 aromatic carbocycles. The first-order chi connectivity index (χ1) is 16.8. The van der Waals surface area contributed by atoms with Crippen LogP contribution in [0, 0.1) is 6.92 Å². The van der Waals surface area contributed by atoms with E-state index in [1.165, 1.54) is 0 Å². The zero-order valence-corrected chi connectivity index (χ0v) is 21.9. The van der Waals surface area contributed by atoms with E-state index in [2.05, 4.69) is 5.32 Å². The average Bonchev–Trinajstić information content (AvgIpc) is 2.84. The van der Waals surface area contributed by atoms with Crippen LogP contribution in [0.1, 0.15) is 42.5 Å². The van der Waals surface area contributed by atoms with Gasteiger partial charge in [0, 0.05) is 34.6 Å². The number of rotatable bonds is 10. The van der Waals surface area contributed by atoms with E-state index in [-0.39, 0.29) is 30.8 Å². The minimum absolute atomic E-state index is 0.0157. The normalized spacial score (nSPS) is 12.6. The molecule has 0 radical (unpaired) electrons. The van der Waals surface area contributed by atoms with Crippen LogP contribution in [0.3, 0.4) is 0 Å². The van der Waals surface area contributed by atoms with Gasteiger partial charge in [-0.05, 0) is 49.1 Å². The lowest BCUT2D eigenvalue weighted by Gasteiger charge is -2.33. The van der Waals surface area contributed by atoms with Crippen molar-refractivity contribution in [2.75, 3.05) is 0 Å². The molecule has 1 N–H and O–H groups in total. The lowest BCUT2D eigenvalue weighted by atomic mass is 10.00. The Kier molecular flexibility index (Phi) is 9.76. The molecule has 0 heterocycles. The zero-order chi connectivity index (χ0) is 25.4. The van der Waals surface area contributed by atoms with Crippen LogP contribution in [0.4, 0.5) is 0 Å². The molecule has 0 aliphatic carbocycles. The highest BCUT2D eigenvalue weighted by atomic mass is 35.5. The maximum atomic E-state index is 13.8. The Bertz CT molecular complexity index is 1130. The SMILES string of the molecule is CC[C@@H](C)NC(=O)[C@@H](Cc1ccccc1)N(Cc1c(Cl)cccc1Cl)C(=O)Cc1ccccc1C. The third-order valence-electron chi connectivity index (χ3n) is 6.27. The van der Waals surface area contributed by atoms with Crippen molar-refractivity contribution < 1.29 is 9.59 Å². The van der Waals surface area contributed by atoms with Crippen molar-refractivity contribution in [2.24, 2.45) is 0 Å². The lowest BCUT2D eigenvalue weighted by molar-refractivity contribution is -0.141. The number of halogens is 2. The molecule has 0 unspecified atom stereocenters. The van der Waals surface area contributed by atoms with Crippen molar-refractivity contribution in [1.82, 2.24) is 10.2 Å². The summed E-state index contributed by atoms with van der Waals surface area (Å²) in [6.45, 7) is 6.09. The van der Waals surface area contributed by atoms with Crippen LogP contribution in [0.2, 0.25) is 10.0 Å². The number of carbonyl (C=O) groups excluding carboxylic acids is 2. The van der Waals surface area contributed by atoms with Gasteiger partial charge in [0.05, 0.1) is 6.42 Å². The molecule has 2 amide bonds. The van der Waals surface area contributed by atoms with Crippen LogP contribution in [-0.2, 0) is 29.0 Å². The second-order valence-electron chi connectivity index (χ2n) is 8.85. The third-order valence-corrected chi connectivity index (χ3v) is 6.97. The highest BCUT2D eigenvalue weighted by molar-refractivity contribution is 6.36. The van der Waals surface area contributed by atoms with Gasteiger partial charge in [0.2, 0.25) is 11.8 Å². The van der Waals surface area contributed by atoms with Crippen LogP contribution >= 0.6 is 23.2 Å². The van der Waals surface area contributed by atoms with Gasteiger partial charge < -0.3 is 10.2 Å². The molecule has 3 aromatic rings. The highest BCUT2D eigenvalue weighted by Gasteiger charge is 2.32. The molecule has 6 heteroatoms. The molecule has 35 heavy (non-hydrogen) atoms. The Labute approximate surface area is 218 Å². The number of nitrogens with zero attached hydrogens (tertiary/aromatic N) is 1. The molecule has 0 aromatic heterocycles. The smallest absolute Gasteiger partial charge is 0.243 e. The van der Waals surface area contributed by atoms with Crippen LogP contribution in [0.25, 0.3) is 0 Å². The highest BCUT2D eigenvalue weighted by Crippen LogP contribution is 2.28. The molecule has 0 saturated heterocycles. The van der Waals surface area contributed by atoms with Gasteiger partial charge in [0.25, 0.3) is 0 Å². The average molecular weight is 511 g/mol. The molecule has 184 valence electrons. The summed E-state index contributed by atoms with van der Waals surface area (Å²) in [5.41, 5.74) is 3.55. The van der Waals surface area contributed by atoms with Gasteiger partial charge in [0.1, 0.15) is 6.04 Å². The molecule has 0 saturated carbocycles. The molecule has 0 fully saturated rings. The molecule has 4 nitrogen and oxygen atoms in total. The second kappa shape index (κ2) is 12.8. The fourth-order valence-corrected chi connectivity index (χ4v) is 4.44. The van der Waals surface area contributed by atoms with Gasteiger partial charge in [-0.1, -0.05) is 90.8 Å². The largest absolute Gasteiger partial charge is 0.352 e. The summed E-state index contributed by atoms with van der Waals surface area (Å²) in [7, 11) is 0. The number of benzene rings is 3. The fourth-order valence-electron chi connectivity index (χ4n) is 3.92. The van der Waals surface area contributed by atoms with Crippen LogP contribution in [-0.4, -0.2) is 28.8 Å². The van der Waals surface area contributed by atoms with Gasteiger partial charge >= 0.3 is 0 Å². The van der Waals surface area contributed by atoms with Crippen molar-refractivity contribution in [3.05, 3.63) is 105 Å². The van der Waals surface area contributed by atoms with E-state index < -0.39 is 6.04 Å². The van der Waals surface area contributed by atoms with Crippen molar-refractivity contribution in [2.45, 2.75) is 58.7 Å². The Balaban J connectivity index is 2.03. The molecule has 0 bridgehead atoms. The summed E-state index contributed by atoms with van der Waals surface area (Å²) in [6.07, 6.45) is 1.35. The van der Waals surface area contributed by atoms with Gasteiger partial charge in [-0.3, -0.25) is 9.59 Å². The summed E-state index contributed by atoms with van der Waals surface area (Å²) < 4.78 is 0. The van der Waals surface area contributed by atoms with Gasteiger partial charge in [-0.25, -0.2) is 0 Å². The maximum Gasteiger partial charge on any atom is 0.243 e. The molecule has 3 rings (SSSR count). The summed E-state index contributed by atoms with van der Waals surface area (Å²) in [5, 5.41) is 4.01. The van der Waals surface area contributed by atoms with E-state index in [9.17, 15) is 9.59 Å². The van der Waals surface area contributed by atoms with Gasteiger partial charge in [-0.2, -0.15) is 0 Å². The molecule has 0 spiro atoms. The molecular weight excluding hydrogens is 479 g/mol. The minimum atomic E-state index is -0.727. The second-order valence-corrected chi connectivity index (χ2v) is 9.66. The molecule has 0 aliphatic heterocycles. The first-order valence-corrected chi connectivity index (χ1v) is 12.7. The Morgan fingerprint density at radius 3 is 2.17 bits per heavy atom. The summed E-state index contributed by atoms with van der Waals surface area (Å²) in [6, 6.07) is 22.1. The quantitative estimate of drug-likeness (QED) is 0.343. The zero-order valence-electron chi connectivity index (χ0n) is 20.4. The van der Waals surface area contributed by atoms with Gasteiger partial charge in [-0.15, -0.1) is 0 Å². The van der Waals surface area contributed by atoms with Crippen molar-refractivity contribution in [3.63, 3.8) is 0 Å². The first kappa shape index (κ1) is 26.8. The topological polar surface area (TPSA) is 49.4 Å². The Hall–Kier alpha value is -2.82. The molecule has 2 atom stereocenters. The van der Waals surface area contributed by atoms with Crippen LogP contribution in [0.5, 0.6) is 0 Å². The van der Waals surface area contributed by atoms with E-state index in [1.807, 2.05) is 75.4 Å². The number of aryl methyl sites for hydroxylation is 1. The van der Waals surface area contributed by atoms with Crippen LogP contribution in [0.15, 0.2) is 72.8 Å². The van der Waals surface area contributed by atoms with E-state index in [0.29, 0.717) is 22.0 Å². The minimum Gasteiger partial charge on any atom is -0.352 e. The van der Waals surface area contributed by atoms with Crippen LogP contribution < -0.4 is 5.32 Å². The predicted molar refractivity (Wildman–Crippen MR) is 144 cm³/mol. The lowest BCUT2D eigenvalue weighted by Crippen LogP contribution is -2.52. The van der Waals surface area contributed by atoms with E-state index in [1.54, 1.807) is 23.1 Å². The predicted octanol–water partition coefficient (Wildman–Crippen LogP) is 6.40. The van der Waals surface area contributed by atoms with Crippen molar-refractivity contribution in [1.29, 1.82) is 0 Å². The number of amides is 2.